The number of hydrogen-bond acceptors (Lipinski definition) is 3. The Kier molecular flexibility index (Phi) is 5.26. The molecule has 3 aromatic rings. The summed E-state index contributed by atoms with van der Waals surface area (Å²) in [6, 6.07) is 16.4. The Morgan fingerprint density at radius 2 is 1.76 bits per heavy atom. The van der Waals surface area contributed by atoms with Crippen molar-refractivity contribution in [2.45, 2.75) is 6.54 Å². The second-order valence-electron chi connectivity index (χ2n) is 5.37. The highest BCUT2D eigenvalue weighted by molar-refractivity contribution is 6.30. The number of halogens is 2. The van der Waals surface area contributed by atoms with Crippen LogP contribution in [0.5, 0.6) is 0 Å². The van der Waals surface area contributed by atoms with Crippen LogP contribution in [0, 0.1) is 5.82 Å². The first-order chi connectivity index (χ1) is 12.1. The normalized spacial score (nSPS) is 10.3. The van der Waals surface area contributed by atoms with E-state index in [9.17, 15) is 9.18 Å². The molecule has 6 heteroatoms. The smallest absolute Gasteiger partial charge is 0.255 e. The summed E-state index contributed by atoms with van der Waals surface area (Å²) in [5.41, 5.74) is 2.03. The maximum absolute atomic E-state index is 12.9. The summed E-state index contributed by atoms with van der Waals surface area (Å²) in [6.07, 6.45) is 1.56. The molecule has 25 heavy (non-hydrogen) atoms. The van der Waals surface area contributed by atoms with Crippen molar-refractivity contribution in [1.29, 1.82) is 0 Å². The van der Waals surface area contributed by atoms with Crippen LogP contribution < -0.4 is 10.6 Å². The number of nitrogens with zero attached hydrogens (tertiary/aromatic N) is 1. The van der Waals surface area contributed by atoms with Gasteiger partial charge in [-0.15, -0.1) is 0 Å². The van der Waals surface area contributed by atoms with Crippen molar-refractivity contribution in [3.05, 3.63) is 88.8 Å². The number of anilines is 2. The molecule has 0 atom stereocenters. The van der Waals surface area contributed by atoms with E-state index in [1.807, 2.05) is 24.3 Å². The maximum Gasteiger partial charge on any atom is 0.255 e. The molecule has 1 amide bonds. The van der Waals surface area contributed by atoms with Crippen LogP contribution in [0.2, 0.25) is 5.02 Å². The number of nitrogens with one attached hydrogen (secondary N) is 2. The third kappa shape index (κ3) is 4.78. The molecule has 0 radical (unpaired) electrons. The standard InChI is InChI=1S/C19H15ClFN3O/c20-15-3-1-13(2-4-15)12-23-18-11-14(9-10-22-18)19(25)24-17-7-5-16(21)6-8-17/h1-11H,12H2,(H,22,23)(H,24,25). The summed E-state index contributed by atoms with van der Waals surface area (Å²) in [5, 5.41) is 6.56. The lowest BCUT2D eigenvalue weighted by Gasteiger charge is -2.09. The maximum atomic E-state index is 12.9. The van der Waals surface area contributed by atoms with Gasteiger partial charge in [-0.3, -0.25) is 4.79 Å². The van der Waals surface area contributed by atoms with Crippen LogP contribution in [0.3, 0.4) is 0 Å². The van der Waals surface area contributed by atoms with Crippen molar-refractivity contribution in [3.63, 3.8) is 0 Å². The Labute approximate surface area is 149 Å². The molecular formula is C19H15ClFN3O. The molecule has 126 valence electrons. The molecule has 4 nitrogen and oxygen atoms in total. The van der Waals surface area contributed by atoms with Crippen LogP contribution in [0.1, 0.15) is 15.9 Å². The lowest BCUT2D eigenvalue weighted by Crippen LogP contribution is -2.12. The van der Waals surface area contributed by atoms with Gasteiger partial charge in [0.05, 0.1) is 0 Å². The molecule has 1 heterocycles. The van der Waals surface area contributed by atoms with Gasteiger partial charge in [-0.1, -0.05) is 23.7 Å². The van der Waals surface area contributed by atoms with E-state index in [2.05, 4.69) is 15.6 Å². The number of amides is 1. The second kappa shape index (κ2) is 7.77. The minimum atomic E-state index is -0.351. The van der Waals surface area contributed by atoms with Crippen LogP contribution in [0.4, 0.5) is 15.9 Å². The lowest BCUT2D eigenvalue weighted by molar-refractivity contribution is 0.102. The topological polar surface area (TPSA) is 54.0 Å². The van der Waals surface area contributed by atoms with Gasteiger partial charge in [-0.05, 0) is 54.1 Å². The number of pyridine rings is 1. The first-order valence-electron chi connectivity index (χ1n) is 7.61. The lowest BCUT2D eigenvalue weighted by atomic mass is 10.2. The van der Waals surface area contributed by atoms with E-state index in [1.165, 1.54) is 24.3 Å². The Morgan fingerprint density at radius 3 is 2.48 bits per heavy atom. The number of hydrogen-bond donors (Lipinski definition) is 2. The average Bonchev–Trinajstić information content (AvgIpc) is 2.63. The Morgan fingerprint density at radius 1 is 1.04 bits per heavy atom. The Bertz CT molecular complexity index is 867. The highest BCUT2D eigenvalue weighted by atomic mass is 35.5. The summed E-state index contributed by atoms with van der Waals surface area (Å²) < 4.78 is 12.9. The minimum absolute atomic E-state index is 0.288. The molecule has 0 aliphatic rings. The summed E-state index contributed by atoms with van der Waals surface area (Å²) in [7, 11) is 0. The average molecular weight is 356 g/mol. The fraction of sp³-hybridized carbons (Fsp3) is 0.0526. The van der Waals surface area contributed by atoms with Crippen molar-refractivity contribution in [1.82, 2.24) is 4.98 Å². The van der Waals surface area contributed by atoms with Gasteiger partial charge in [-0.25, -0.2) is 9.37 Å². The number of carbonyl (C=O) groups is 1. The highest BCUT2D eigenvalue weighted by Crippen LogP contribution is 2.14. The molecule has 2 N–H and O–H groups in total. The second-order valence-corrected chi connectivity index (χ2v) is 5.81. The Hall–Kier alpha value is -2.92. The molecule has 2 aromatic carbocycles. The van der Waals surface area contributed by atoms with E-state index in [0.29, 0.717) is 28.6 Å². The molecule has 0 saturated heterocycles. The SMILES string of the molecule is O=C(Nc1ccc(F)cc1)c1ccnc(NCc2ccc(Cl)cc2)c1. The summed E-state index contributed by atoms with van der Waals surface area (Å²) in [5.74, 6) is -0.0548. The quantitative estimate of drug-likeness (QED) is 0.695. The van der Waals surface area contributed by atoms with Crippen LogP contribution >= 0.6 is 11.6 Å². The summed E-state index contributed by atoms with van der Waals surface area (Å²) in [6.45, 7) is 0.563. The fourth-order valence-corrected chi connectivity index (χ4v) is 2.33. The van der Waals surface area contributed by atoms with E-state index >= 15 is 0 Å². The van der Waals surface area contributed by atoms with Crippen molar-refractivity contribution in [2.24, 2.45) is 0 Å². The minimum Gasteiger partial charge on any atom is -0.366 e. The molecule has 3 rings (SSSR count). The van der Waals surface area contributed by atoms with Crippen molar-refractivity contribution < 1.29 is 9.18 Å². The zero-order chi connectivity index (χ0) is 17.6. The van der Waals surface area contributed by atoms with E-state index in [4.69, 9.17) is 11.6 Å². The molecule has 0 aliphatic heterocycles. The van der Waals surface area contributed by atoms with Gasteiger partial charge in [-0.2, -0.15) is 0 Å². The van der Waals surface area contributed by atoms with E-state index < -0.39 is 0 Å². The van der Waals surface area contributed by atoms with Crippen LogP contribution in [-0.4, -0.2) is 10.9 Å². The van der Waals surface area contributed by atoms with Gasteiger partial charge >= 0.3 is 0 Å². The molecule has 0 bridgehead atoms. The predicted molar refractivity (Wildman–Crippen MR) is 97.4 cm³/mol. The van der Waals surface area contributed by atoms with Gasteiger partial charge in [0.2, 0.25) is 0 Å². The van der Waals surface area contributed by atoms with Crippen LogP contribution in [-0.2, 0) is 6.54 Å². The zero-order valence-electron chi connectivity index (χ0n) is 13.2. The largest absolute Gasteiger partial charge is 0.366 e. The highest BCUT2D eigenvalue weighted by Gasteiger charge is 2.08. The van der Waals surface area contributed by atoms with Gasteiger partial charge in [0.15, 0.2) is 0 Å². The number of aromatic nitrogens is 1. The van der Waals surface area contributed by atoms with Crippen LogP contribution in [0.25, 0.3) is 0 Å². The van der Waals surface area contributed by atoms with Crippen molar-refractivity contribution in [3.8, 4) is 0 Å². The molecule has 0 saturated carbocycles. The van der Waals surface area contributed by atoms with Gasteiger partial charge in [0, 0.05) is 29.0 Å². The van der Waals surface area contributed by atoms with Crippen molar-refractivity contribution in [2.75, 3.05) is 10.6 Å². The van der Waals surface area contributed by atoms with E-state index in [0.717, 1.165) is 5.56 Å². The third-order valence-corrected chi connectivity index (χ3v) is 3.76. The third-order valence-electron chi connectivity index (χ3n) is 3.51. The molecule has 1 aromatic heterocycles. The number of carbonyl (C=O) groups excluding carboxylic acids is 1. The van der Waals surface area contributed by atoms with Crippen LogP contribution in [0.15, 0.2) is 66.9 Å². The monoisotopic (exact) mass is 355 g/mol. The first-order valence-corrected chi connectivity index (χ1v) is 7.99. The Balaban J connectivity index is 1.64. The van der Waals surface area contributed by atoms with E-state index in [-0.39, 0.29) is 11.7 Å². The van der Waals surface area contributed by atoms with Gasteiger partial charge in [0.25, 0.3) is 5.91 Å². The molecule has 0 spiro atoms. The molecule has 0 aliphatic carbocycles. The number of rotatable bonds is 5. The van der Waals surface area contributed by atoms with Crippen molar-refractivity contribution >= 4 is 29.0 Å². The number of benzene rings is 2. The zero-order valence-corrected chi connectivity index (χ0v) is 13.9. The molecule has 0 unspecified atom stereocenters. The van der Waals surface area contributed by atoms with Gasteiger partial charge in [0.1, 0.15) is 11.6 Å². The first kappa shape index (κ1) is 16.9. The fourth-order valence-electron chi connectivity index (χ4n) is 2.20. The summed E-state index contributed by atoms with van der Waals surface area (Å²) in [4.78, 5) is 16.5. The summed E-state index contributed by atoms with van der Waals surface area (Å²) >= 11 is 5.86. The van der Waals surface area contributed by atoms with E-state index in [1.54, 1.807) is 18.3 Å². The molecule has 0 fully saturated rings. The van der Waals surface area contributed by atoms with Gasteiger partial charge < -0.3 is 10.6 Å². The predicted octanol–water partition coefficient (Wildman–Crippen LogP) is 4.74. The molecular weight excluding hydrogens is 341 g/mol.